The average Bonchev–Trinajstić information content (AvgIpc) is 2.26. The zero-order valence-electron chi connectivity index (χ0n) is 9.96. The van der Waals surface area contributed by atoms with Gasteiger partial charge in [0, 0.05) is 22.9 Å². The summed E-state index contributed by atoms with van der Waals surface area (Å²) in [4.78, 5) is 0. The molecule has 2 rings (SSSR count). The Kier molecular flexibility index (Phi) is 3.13. The summed E-state index contributed by atoms with van der Waals surface area (Å²) < 4.78 is 5.95. The molecule has 0 bridgehead atoms. The van der Waals surface area contributed by atoms with E-state index in [0.29, 0.717) is 6.04 Å². The van der Waals surface area contributed by atoms with Crippen molar-refractivity contribution in [2.75, 3.05) is 7.05 Å². The molecule has 3 heteroatoms. The Morgan fingerprint density at radius 2 is 1.94 bits per heavy atom. The lowest BCUT2D eigenvalue weighted by Crippen LogP contribution is -2.61. The van der Waals surface area contributed by atoms with Gasteiger partial charge in [-0.25, -0.2) is 0 Å². The van der Waals surface area contributed by atoms with E-state index in [1.807, 2.05) is 31.3 Å². The van der Waals surface area contributed by atoms with Gasteiger partial charge in [0.15, 0.2) is 0 Å². The van der Waals surface area contributed by atoms with Crippen molar-refractivity contribution in [3.8, 4) is 5.75 Å². The van der Waals surface area contributed by atoms with Crippen LogP contribution < -0.4 is 10.1 Å². The summed E-state index contributed by atoms with van der Waals surface area (Å²) in [6.45, 7) is 4.47. The predicted octanol–water partition coefficient (Wildman–Crippen LogP) is 3.11. The molecule has 1 saturated carbocycles. The van der Waals surface area contributed by atoms with Gasteiger partial charge in [-0.1, -0.05) is 25.4 Å². The van der Waals surface area contributed by atoms with Crippen LogP contribution in [0.15, 0.2) is 24.3 Å². The zero-order chi connectivity index (χ0) is 11.8. The molecule has 0 heterocycles. The summed E-state index contributed by atoms with van der Waals surface area (Å²) in [5.74, 6) is 0.900. The Hall–Kier alpha value is -0.730. The fourth-order valence-corrected chi connectivity index (χ4v) is 2.38. The van der Waals surface area contributed by atoms with Crippen molar-refractivity contribution in [1.82, 2.24) is 5.32 Å². The minimum absolute atomic E-state index is 0.189. The summed E-state index contributed by atoms with van der Waals surface area (Å²) in [7, 11) is 2.00. The van der Waals surface area contributed by atoms with Crippen molar-refractivity contribution in [2.45, 2.75) is 32.4 Å². The van der Waals surface area contributed by atoms with E-state index >= 15 is 0 Å². The summed E-state index contributed by atoms with van der Waals surface area (Å²) >= 11 is 5.83. The lowest BCUT2D eigenvalue weighted by molar-refractivity contribution is -0.0520. The maximum absolute atomic E-state index is 5.95. The molecule has 2 atom stereocenters. The van der Waals surface area contributed by atoms with Crippen LogP contribution in [0.4, 0.5) is 0 Å². The maximum atomic E-state index is 5.95. The minimum Gasteiger partial charge on any atom is -0.490 e. The van der Waals surface area contributed by atoms with E-state index in [1.54, 1.807) is 0 Å². The highest BCUT2D eigenvalue weighted by molar-refractivity contribution is 6.30. The van der Waals surface area contributed by atoms with E-state index in [1.165, 1.54) is 0 Å². The highest BCUT2D eigenvalue weighted by atomic mass is 35.5. The van der Waals surface area contributed by atoms with Gasteiger partial charge in [-0.05, 0) is 31.3 Å². The second kappa shape index (κ2) is 4.27. The number of benzene rings is 1. The molecule has 0 spiro atoms. The average molecular weight is 240 g/mol. The van der Waals surface area contributed by atoms with Gasteiger partial charge in [0.2, 0.25) is 0 Å². The normalized spacial score (nSPS) is 27.2. The monoisotopic (exact) mass is 239 g/mol. The van der Waals surface area contributed by atoms with Crippen LogP contribution in [0.5, 0.6) is 5.75 Å². The molecule has 2 unspecified atom stereocenters. The Morgan fingerprint density at radius 3 is 2.44 bits per heavy atom. The van der Waals surface area contributed by atoms with Gasteiger partial charge < -0.3 is 10.1 Å². The van der Waals surface area contributed by atoms with Crippen LogP contribution in [0.1, 0.15) is 20.3 Å². The van der Waals surface area contributed by atoms with Crippen molar-refractivity contribution in [1.29, 1.82) is 0 Å². The molecule has 0 aliphatic heterocycles. The molecule has 0 aromatic heterocycles. The molecular formula is C13H18ClNO. The Labute approximate surface area is 102 Å². The predicted molar refractivity (Wildman–Crippen MR) is 67.1 cm³/mol. The fraction of sp³-hybridized carbons (Fsp3) is 0.538. The number of rotatable bonds is 3. The van der Waals surface area contributed by atoms with Crippen molar-refractivity contribution < 1.29 is 4.74 Å². The quantitative estimate of drug-likeness (QED) is 0.875. The molecule has 1 aromatic rings. The van der Waals surface area contributed by atoms with Gasteiger partial charge in [-0.15, -0.1) is 0 Å². The molecule has 16 heavy (non-hydrogen) atoms. The number of nitrogens with one attached hydrogen (secondary N) is 1. The lowest BCUT2D eigenvalue weighted by Gasteiger charge is -2.51. The van der Waals surface area contributed by atoms with Crippen LogP contribution in [0, 0.1) is 5.41 Å². The van der Waals surface area contributed by atoms with E-state index in [4.69, 9.17) is 16.3 Å². The van der Waals surface area contributed by atoms with E-state index in [0.717, 1.165) is 17.2 Å². The first kappa shape index (κ1) is 11.7. The third-order valence-electron chi connectivity index (χ3n) is 3.62. The summed E-state index contributed by atoms with van der Waals surface area (Å²) in [5, 5.41) is 4.06. The van der Waals surface area contributed by atoms with Gasteiger partial charge in [-0.3, -0.25) is 0 Å². The number of halogens is 1. The van der Waals surface area contributed by atoms with Crippen molar-refractivity contribution in [3.63, 3.8) is 0 Å². The zero-order valence-corrected chi connectivity index (χ0v) is 10.7. The van der Waals surface area contributed by atoms with Gasteiger partial charge in [0.25, 0.3) is 0 Å². The molecule has 0 amide bonds. The van der Waals surface area contributed by atoms with Crippen LogP contribution in [-0.4, -0.2) is 19.2 Å². The van der Waals surface area contributed by atoms with Crippen LogP contribution >= 0.6 is 11.6 Å². The third kappa shape index (κ3) is 2.04. The molecular weight excluding hydrogens is 222 g/mol. The second-order valence-electron chi connectivity index (χ2n) is 4.96. The molecule has 0 saturated heterocycles. The highest BCUT2D eigenvalue weighted by Crippen LogP contribution is 2.42. The lowest BCUT2D eigenvalue weighted by atomic mass is 9.64. The van der Waals surface area contributed by atoms with Crippen LogP contribution in [-0.2, 0) is 0 Å². The molecule has 1 N–H and O–H groups in total. The van der Waals surface area contributed by atoms with Gasteiger partial charge in [0.1, 0.15) is 11.9 Å². The molecule has 1 fully saturated rings. The Balaban J connectivity index is 1.99. The second-order valence-corrected chi connectivity index (χ2v) is 5.40. The third-order valence-corrected chi connectivity index (χ3v) is 3.87. The van der Waals surface area contributed by atoms with Gasteiger partial charge >= 0.3 is 0 Å². The number of hydrogen-bond acceptors (Lipinski definition) is 2. The molecule has 88 valence electrons. The van der Waals surface area contributed by atoms with E-state index in [2.05, 4.69) is 19.2 Å². The van der Waals surface area contributed by atoms with Crippen LogP contribution in [0.2, 0.25) is 5.02 Å². The molecule has 1 aromatic carbocycles. The van der Waals surface area contributed by atoms with Crippen molar-refractivity contribution >= 4 is 11.6 Å². The van der Waals surface area contributed by atoms with E-state index < -0.39 is 0 Å². The van der Waals surface area contributed by atoms with Gasteiger partial charge in [0.05, 0.1) is 0 Å². The number of ether oxygens (including phenoxy) is 1. The maximum Gasteiger partial charge on any atom is 0.119 e. The van der Waals surface area contributed by atoms with Crippen molar-refractivity contribution in [2.24, 2.45) is 5.41 Å². The van der Waals surface area contributed by atoms with Gasteiger partial charge in [-0.2, -0.15) is 0 Å². The Bertz CT molecular complexity index is 361. The van der Waals surface area contributed by atoms with Crippen molar-refractivity contribution in [3.05, 3.63) is 29.3 Å². The number of hydrogen-bond donors (Lipinski definition) is 1. The first-order valence-corrected chi connectivity index (χ1v) is 6.01. The molecule has 1 aliphatic rings. The fourth-order valence-electron chi connectivity index (χ4n) is 2.25. The highest BCUT2D eigenvalue weighted by Gasteiger charge is 2.49. The molecule has 0 radical (unpaired) electrons. The minimum atomic E-state index is 0.189. The summed E-state index contributed by atoms with van der Waals surface area (Å²) in [5.41, 5.74) is 0.189. The summed E-state index contributed by atoms with van der Waals surface area (Å²) in [6, 6.07) is 8.11. The standard InChI is InChI=1S/C13H18ClNO/c1-13(2)11(15-3)8-12(13)16-10-6-4-9(14)5-7-10/h4-7,11-12,15H,8H2,1-3H3. The SMILES string of the molecule is CNC1CC(Oc2ccc(Cl)cc2)C1(C)C. The Morgan fingerprint density at radius 1 is 1.31 bits per heavy atom. The van der Waals surface area contributed by atoms with Crippen LogP contribution in [0.3, 0.4) is 0 Å². The van der Waals surface area contributed by atoms with E-state index in [9.17, 15) is 0 Å². The van der Waals surface area contributed by atoms with Crippen LogP contribution in [0.25, 0.3) is 0 Å². The van der Waals surface area contributed by atoms with E-state index in [-0.39, 0.29) is 11.5 Å². The molecule has 2 nitrogen and oxygen atoms in total. The first-order valence-electron chi connectivity index (χ1n) is 5.63. The first-order chi connectivity index (χ1) is 7.54. The molecule has 1 aliphatic carbocycles. The topological polar surface area (TPSA) is 21.3 Å². The smallest absolute Gasteiger partial charge is 0.119 e. The summed E-state index contributed by atoms with van der Waals surface area (Å²) in [6.07, 6.45) is 1.35. The largest absolute Gasteiger partial charge is 0.490 e.